The fourth-order valence-corrected chi connectivity index (χ4v) is 4.52. The van der Waals surface area contributed by atoms with Crippen molar-refractivity contribution in [3.05, 3.63) is 29.8 Å². The molecule has 8 nitrogen and oxygen atoms in total. The molecular formula is C23H34N4O4. The number of hydrogen-bond donors (Lipinski definition) is 1. The van der Waals surface area contributed by atoms with E-state index in [1.165, 1.54) is 5.56 Å². The molecule has 0 aromatic heterocycles. The zero-order valence-electron chi connectivity index (χ0n) is 18.9. The molecule has 0 spiro atoms. The summed E-state index contributed by atoms with van der Waals surface area (Å²) in [6.07, 6.45) is 2.79. The summed E-state index contributed by atoms with van der Waals surface area (Å²) in [5, 5.41) is 2.87. The van der Waals surface area contributed by atoms with Crippen LogP contribution in [0.5, 0.6) is 5.75 Å². The normalized spacial score (nSPS) is 18.9. The third-order valence-corrected chi connectivity index (χ3v) is 6.18. The topological polar surface area (TPSA) is 82.2 Å². The van der Waals surface area contributed by atoms with Gasteiger partial charge in [-0.05, 0) is 30.5 Å². The first-order valence-corrected chi connectivity index (χ1v) is 11.2. The number of rotatable bonds is 9. The van der Waals surface area contributed by atoms with E-state index in [1.807, 2.05) is 38.1 Å². The number of carbonyl (C=O) groups is 3. The van der Waals surface area contributed by atoms with Crippen molar-refractivity contribution in [2.75, 3.05) is 39.8 Å². The quantitative estimate of drug-likeness (QED) is 0.608. The van der Waals surface area contributed by atoms with Crippen molar-refractivity contribution >= 4 is 17.8 Å². The van der Waals surface area contributed by atoms with Gasteiger partial charge in [-0.3, -0.25) is 19.4 Å². The van der Waals surface area contributed by atoms with Gasteiger partial charge in [0, 0.05) is 32.7 Å². The summed E-state index contributed by atoms with van der Waals surface area (Å²) in [5.41, 5.74) is 0.348. The van der Waals surface area contributed by atoms with Crippen molar-refractivity contribution in [3.63, 3.8) is 0 Å². The molecule has 1 aromatic carbocycles. The van der Waals surface area contributed by atoms with Gasteiger partial charge < -0.3 is 15.0 Å². The molecule has 31 heavy (non-hydrogen) atoms. The summed E-state index contributed by atoms with van der Waals surface area (Å²) in [5.74, 6) is 0.408. The Morgan fingerprint density at radius 2 is 1.65 bits per heavy atom. The van der Waals surface area contributed by atoms with Gasteiger partial charge in [0.1, 0.15) is 17.8 Å². The highest BCUT2D eigenvalue weighted by molar-refractivity contribution is 6.09. The fraction of sp³-hybridized carbons (Fsp3) is 0.609. The highest BCUT2D eigenvalue weighted by Gasteiger charge is 2.50. The van der Waals surface area contributed by atoms with Crippen molar-refractivity contribution in [2.45, 2.75) is 51.6 Å². The molecule has 4 amide bonds. The lowest BCUT2D eigenvalue weighted by Gasteiger charge is -2.35. The van der Waals surface area contributed by atoms with Gasteiger partial charge in [-0.1, -0.05) is 38.8 Å². The molecule has 0 saturated carbocycles. The molecule has 0 unspecified atom stereocenters. The monoisotopic (exact) mass is 430 g/mol. The smallest absolute Gasteiger partial charge is 0.325 e. The maximum absolute atomic E-state index is 13.0. The van der Waals surface area contributed by atoms with E-state index < -0.39 is 11.6 Å². The van der Waals surface area contributed by atoms with Crippen LogP contribution in [0.1, 0.15) is 45.1 Å². The summed E-state index contributed by atoms with van der Waals surface area (Å²) < 4.78 is 5.19. The van der Waals surface area contributed by atoms with E-state index in [2.05, 4.69) is 10.2 Å². The summed E-state index contributed by atoms with van der Waals surface area (Å²) in [4.78, 5) is 43.5. The molecule has 3 rings (SSSR count). The Kier molecular flexibility index (Phi) is 7.54. The molecule has 0 atom stereocenters. The SMILES string of the molecule is CCCC1(CCC)NC(=O)N(CC(=O)N2CCN(Cc3ccc(OC)cc3)CC2)C1=O. The van der Waals surface area contributed by atoms with Gasteiger partial charge in [0.25, 0.3) is 5.91 Å². The largest absolute Gasteiger partial charge is 0.497 e. The molecule has 0 radical (unpaired) electrons. The number of nitrogens with zero attached hydrogens (tertiary/aromatic N) is 3. The Hall–Kier alpha value is -2.61. The van der Waals surface area contributed by atoms with Gasteiger partial charge in [0.15, 0.2) is 0 Å². The molecule has 2 aliphatic rings. The summed E-state index contributed by atoms with van der Waals surface area (Å²) in [6, 6.07) is 7.55. The number of ether oxygens (including phenoxy) is 1. The second kappa shape index (κ2) is 10.1. The Morgan fingerprint density at radius 1 is 1.03 bits per heavy atom. The lowest BCUT2D eigenvalue weighted by atomic mass is 9.88. The third kappa shape index (κ3) is 5.18. The van der Waals surface area contributed by atoms with Gasteiger partial charge in [-0.15, -0.1) is 0 Å². The van der Waals surface area contributed by atoms with Crippen molar-refractivity contribution in [2.24, 2.45) is 0 Å². The predicted molar refractivity (Wildman–Crippen MR) is 118 cm³/mol. The van der Waals surface area contributed by atoms with Gasteiger partial charge in [0.05, 0.1) is 7.11 Å². The Bertz CT molecular complexity index is 781. The van der Waals surface area contributed by atoms with E-state index in [0.29, 0.717) is 25.9 Å². The lowest BCUT2D eigenvalue weighted by molar-refractivity contribution is -0.140. The zero-order chi connectivity index (χ0) is 22.4. The molecular weight excluding hydrogens is 396 g/mol. The van der Waals surface area contributed by atoms with Crippen LogP contribution in [0.4, 0.5) is 4.79 Å². The molecule has 2 heterocycles. The molecule has 2 aliphatic heterocycles. The van der Waals surface area contributed by atoms with Crippen LogP contribution in [0, 0.1) is 0 Å². The van der Waals surface area contributed by atoms with Gasteiger partial charge >= 0.3 is 6.03 Å². The highest BCUT2D eigenvalue weighted by atomic mass is 16.5. The fourth-order valence-electron chi connectivity index (χ4n) is 4.52. The van der Waals surface area contributed by atoms with Crippen LogP contribution in [0.15, 0.2) is 24.3 Å². The van der Waals surface area contributed by atoms with Crippen LogP contribution in [-0.2, 0) is 16.1 Å². The maximum Gasteiger partial charge on any atom is 0.325 e. The summed E-state index contributed by atoms with van der Waals surface area (Å²) >= 11 is 0. The van der Waals surface area contributed by atoms with E-state index in [-0.39, 0.29) is 18.4 Å². The van der Waals surface area contributed by atoms with Crippen molar-refractivity contribution in [1.29, 1.82) is 0 Å². The van der Waals surface area contributed by atoms with Crippen LogP contribution < -0.4 is 10.1 Å². The molecule has 0 aliphatic carbocycles. The van der Waals surface area contributed by atoms with Gasteiger partial charge in [0.2, 0.25) is 5.91 Å². The van der Waals surface area contributed by atoms with Crippen LogP contribution in [0.2, 0.25) is 0 Å². The van der Waals surface area contributed by atoms with Crippen molar-refractivity contribution < 1.29 is 19.1 Å². The second-order valence-corrected chi connectivity index (χ2v) is 8.41. The van der Waals surface area contributed by atoms with E-state index in [9.17, 15) is 14.4 Å². The number of imide groups is 1. The van der Waals surface area contributed by atoms with E-state index in [4.69, 9.17) is 4.74 Å². The Labute approximate surface area is 184 Å². The summed E-state index contributed by atoms with van der Waals surface area (Å²) in [7, 11) is 1.65. The molecule has 8 heteroatoms. The maximum atomic E-state index is 13.0. The minimum Gasteiger partial charge on any atom is -0.497 e. The van der Waals surface area contributed by atoms with E-state index in [1.54, 1.807) is 12.0 Å². The predicted octanol–water partition coefficient (Wildman–Crippen LogP) is 2.23. The number of amides is 4. The molecule has 2 saturated heterocycles. The number of hydrogen-bond acceptors (Lipinski definition) is 5. The molecule has 1 N–H and O–H groups in total. The Morgan fingerprint density at radius 3 is 2.19 bits per heavy atom. The van der Waals surface area contributed by atoms with E-state index >= 15 is 0 Å². The minimum atomic E-state index is -0.849. The van der Waals surface area contributed by atoms with E-state index in [0.717, 1.165) is 43.1 Å². The average molecular weight is 431 g/mol. The van der Waals surface area contributed by atoms with Gasteiger partial charge in [-0.2, -0.15) is 0 Å². The molecule has 2 fully saturated rings. The first-order chi connectivity index (χ1) is 14.9. The van der Waals surface area contributed by atoms with Crippen molar-refractivity contribution in [3.8, 4) is 5.75 Å². The molecule has 0 bridgehead atoms. The standard InChI is InChI=1S/C23H34N4O4/c1-4-10-23(11-5-2)21(29)27(22(30)24-23)17-20(28)26-14-12-25(13-15-26)16-18-6-8-19(31-3)9-7-18/h6-9H,4-5,10-17H2,1-3H3,(H,24,30). The van der Waals surface area contributed by atoms with Crippen LogP contribution in [-0.4, -0.2) is 77.9 Å². The van der Waals surface area contributed by atoms with Gasteiger partial charge in [-0.25, -0.2) is 4.79 Å². The number of methoxy groups -OCH3 is 1. The molecule has 170 valence electrons. The number of urea groups is 1. The average Bonchev–Trinajstić information content (AvgIpc) is 2.99. The number of piperazine rings is 1. The summed E-state index contributed by atoms with van der Waals surface area (Å²) in [6.45, 7) is 7.32. The second-order valence-electron chi connectivity index (χ2n) is 8.41. The first-order valence-electron chi connectivity index (χ1n) is 11.2. The zero-order valence-corrected chi connectivity index (χ0v) is 18.9. The Balaban J connectivity index is 1.52. The lowest BCUT2D eigenvalue weighted by Crippen LogP contribution is -2.52. The number of carbonyl (C=O) groups excluding carboxylic acids is 3. The highest BCUT2D eigenvalue weighted by Crippen LogP contribution is 2.28. The van der Waals surface area contributed by atoms with Crippen LogP contribution >= 0.6 is 0 Å². The molecule has 1 aromatic rings. The van der Waals surface area contributed by atoms with Crippen LogP contribution in [0.25, 0.3) is 0 Å². The first kappa shape index (κ1) is 23.1. The number of nitrogens with one attached hydrogen (secondary N) is 1. The third-order valence-electron chi connectivity index (χ3n) is 6.18. The van der Waals surface area contributed by atoms with Crippen molar-refractivity contribution in [1.82, 2.24) is 20.0 Å². The van der Waals surface area contributed by atoms with Crippen LogP contribution in [0.3, 0.4) is 0 Å². The number of benzene rings is 1. The minimum absolute atomic E-state index is 0.170.